The molecule has 1 rings (SSSR count). The molecule has 1 aliphatic rings. The molecule has 0 heterocycles. The third kappa shape index (κ3) is 2.37. The zero-order valence-corrected chi connectivity index (χ0v) is 8.95. The van der Waals surface area contributed by atoms with Gasteiger partial charge in [-0.15, -0.1) is 6.58 Å². The summed E-state index contributed by atoms with van der Waals surface area (Å²) in [5.74, 6) is -1.15. The number of hydrogen-bond acceptors (Lipinski definition) is 2. The smallest absolute Gasteiger partial charge is 0.325 e. The Kier molecular flexibility index (Phi) is 3.50. The van der Waals surface area contributed by atoms with Crippen molar-refractivity contribution in [2.75, 3.05) is 0 Å². The molecule has 0 aliphatic heterocycles. The fraction of sp³-hybridized carbons (Fsp3) is 0.636. The van der Waals surface area contributed by atoms with Crippen molar-refractivity contribution in [2.24, 2.45) is 5.41 Å². The number of rotatable bonds is 5. The normalized spacial score (nSPS) is 19.8. The van der Waals surface area contributed by atoms with Crippen molar-refractivity contribution in [2.45, 2.75) is 38.6 Å². The van der Waals surface area contributed by atoms with Crippen LogP contribution >= 0.6 is 0 Å². The highest BCUT2D eigenvalue weighted by Crippen LogP contribution is 2.44. The van der Waals surface area contributed by atoms with E-state index in [1.165, 1.54) is 6.92 Å². The van der Waals surface area contributed by atoms with Crippen LogP contribution in [0.2, 0.25) is 0 Å². The summed E-state index contributed by atoms with van der Waals surface area (Å²) in [4.78, 5) is 22.4. The number of hydrogen-bond donors (Lipinski definition) is 2. The number of carboxylic acid groups (broad SMARTS) is 1. The molecular weight excluding hydrogens is 194 g/mol. The van der Waals surface area contributed by atoms with Crippen LogP contribution in [-0.2, 0) is 9.59 Å². The predicted octanol–water partition coefficient (Wildman–Crippen LogP) is 1.32. The second-order valence-corrected chi connectivity index (χ2v) is 4.16. The molecule has 4 nitrogen and oxygen atoms in total. The monoisotopic (exact) mass is 211 g/mol. The van der Waals surface area contributed by atoms with Gasteiger partial charge in [-0.2, -0.15) is 0 Å². The second-order valence-electron chi connectivity index (χ2n) is 4.16. The van der Waals surface area contributed by atoms with Crippen LogP contribution in [0.5, 0.6) is 0 Å². The molecule has 84 valence electrons. The fourth-order valence-electron chi connectivity index (χ4n) is 1.82. The molecule has 0 bridgehead atoms. The lowest BCUT2D eigenvalue weighted by Gasteiger charge is -2.40. The maximum absolute atomic E-state index is 11.8. The standard InChI is InChI=1S/C11H17NO3/c1-3-5-11(6-4-7-11)10(15)12-8(2)9(13)14/h3,8H,1,4-7H2,2H3,(H,12,15)(H,13,14). The summed E-state index contributed by atoms with van der Waals surface area (Å²) >= 11 is 0. The first-order chi connectivity index (χ1) is 7.02. The minimum Gasteiger partial charge on any atom is -0.480 e. The lowest BCUT2D eigenvalue weighted by Crippen LogP contribution is -2.50. The van der Waals surface area contributed by atoms with Crippen LogP contribution in [0.3, 0.4) is 0 Å². The van der Waals surface area contributed by atoms with Crippen LogP contribution in [0.1, 0.15) is 32.6 Å². The summed E-state index contributed by atoms with van der Waals surface area (Å²) in [5, 5.41) is 11.2. The van der Waals surface area contributed by atoms with Gasteiger partial charge in [0.25, 0.3) is 0 Å². The van der Waals surface area contributed by atoms with E-state index in [0.29, 0.717) is 6.42 Å². The number of carboxylic acids is 1. The Morgan fingerprint density at radius 3 is 2.53 bits per heavy atom. The van der Waals surface area contributed by atoms with Gasteiger partial charge < -0.3 is 10.4 Å². The summed E-state index contributed by atoms with van der Waals surface area (Å²) < 4.78 is 0. The Morgan fingerprint density at radius 1 is 1.60 bits per heavy atom. The number of carbonyl (C=O) groups is 2. The molecule has 4 heteroatoms. The Hall–Kier alpha value is -1.32. The van der Waals surface area contributed by atoms with Gasteiger partial charge in [-0.05, 0) is 26.2 Å². The molecule has 0 spiro atoms. The summed E-state index contributed by atoms with van der Waals surface area (Å²) in [7, 11) is 0. The molecule has 0 radical (unpaired) electrons. The summed E-state index contributed by atoms with van der Waals surface area (Å²) in [6.45, 7) is 5.10. The lowest BCUT2D eigenvalue weighted by molar-refractivity contribution is -0.145. The highest BCUT2D eigenvalue weighted by atomic mass is 16.4. The van der Waals surface area contributed by atoms with Gasteiger partial charge in [0, 0.05) is 0 Å². The second kappa shape index (κ2) is 4.47. The Morgan fingerprint density at radius 2 is 2.20 bits per heavy atom. The van der Waals surface area contributed by atoms with Crippen molar-refractivity contribution < 1.29 is 14.7 Å². The van der Waals surface area contributed by atoms with Crippen LogP contribution in [0.25, 0.3) is 0 Å². The molecule has 1 unspecified atom stereocenters. The molecule has 0 aromatic rings. The number of allylic oxidation sites excluding steroid dienone is 1. The predicted molar refractivity (Wildman–Crippen MR) is 56.3 cm³/mol. The van der Waals surface area contributed by atoms with Crippen molar-refractivity contribution in [3.05, 3.63) is 12.7 Å². The van der Waals surface area contributed by atoms with Crippen molar-refractivity contribution in [1.82, 2.24) is 5.32 Å². The minimum absolute atomic E-state index is 0.149. The van der Waals surface area contributed by atoms with E-state index in [4.69, 9.17) is 5.11 Å². The first kappa shape index (κ1) is 11.8. The van der Waals surface area contributed by atoms with Gasteiger partial charge in [0.05, 0.1) is 5.41 Å². The van der Waals surface area contributed by atoms with E-state index < -0.39 is 12.0 Å². The molecule has 0 aromatic heterocycles. The van der Waals surface area contributed by atoms with E-state index in [1.807, 2.05) is 0 Å². The van der Waals surface area contributed by atoms with Crippen molar-refractivity contribution in [1.29, 1.82) is 0 Å². The average molecular weight is 211 g/mol. The minimum atomic E-state index is -1.00. The number of amides is 1. The summed E-state index contributed by atoms with van der Waals surface area (Å²) in [6, 6.07) is -0.820. The lowest BCUT2D eigenvalue weighted by atomic mass is 9.66. The molecule has 15 heavy (non-hydrogen) atoms. The van der Waals surface area contributed by atoms with Gasteiger partial charge in [-0.25, -0.2) is 0 Å². The van der Waals surface area contributed by atoms with Crippen LogP contribution in [0.4, 0.5) is 0 Å². The van der Waals surface area contributed by atoms with E-state index in [2.05, 4.69) is 11.9 Å². The van der Waals surface area contributed by atoms with Gasteiger partial charge >= 0.3 is 5.97 Å². The molecule has 1 amide bonds. The van der Waals surface area contributed by atoms with E-state index in [1.54, 1.807) is 6.08 Å². The number of aliphatic carboxylic acids is 1. The molecule has 1 aliphatic carbocycles. The van der Waals surface area contributed by atoms with Crippen LogP contribution in [-0.4, -0.2) is 23.0 Å². The molecule has 1 fully saturated rings. The maximum Gasteiger partial charge on any atom is 0.325 e. The zero-order chi connectivity index (χ0) is 11.5. The quantitative estimate of drug-likeness (QED) is 0.674. The fourth-order valence-corrected chi connectivity index (χ4v) is 1.82. The van der Waals surface area contributed by atoms with Gasteiger partial charge in [-0.3, -0.25) is 9.59 Å². The van der Waals surface area contributed by atoms with Gasteiger partial charge in [0.2, 0.25) is 5.91 Å². The first-order valence-electron chi connectivity index (χ1n) is 5.16. The van der Waals surface area contributed by atoms with E-state index in [-0.39, 0.29) is 11.3 Å². The first-order valence-corrected chi connectivity index (χ1v) is 5.16. The zero-order valence-electron chi connectivity index (χ0n) is 8.95. The molecule has 0 saturated heterocycles. The van der Waals surface area contributed by atoms with Crippen LogP contribution < -0.4 is 5.32 Å². The van der Waals surface area contributed by atoms with Crippen molar-refractivity contribution >= 4 is 11.9 Å². The summed E-state index contributed by atoms with van der Waals surface area (Å²) in [6.07, 6.45) is 5.05. The third-order valence-corrected chi connectivity index (χ3v) is 3.05. The number of carbonyl (C=O) groups excluding carboxylic acids is 1. The summed E-state index contributed by atoms with van der Waals surface area (Å²) in [5.41, 5.74) is -0.383. The maximum atomic E-state index is 11.8. The van der Waals surface area contributed by atoms with Crippen molar-refractivity contribution in [3.8, 4) is 0 Å². The molecule has 2 N–H and O–H groups in total. The van der Waals surface area contributed by atoms with Gasteiger partial charge in [0.1, 0.15) is 6.04 Å². The van der Waals surface area contributed by atoms with Crippen LogP contribution in [0, 0.1) is 5.41 Å². The Balaban J connectivity index is 2.58. The largest absolute Gasteiger partial charge is 0.480 e. The van der Waals surface area contributed by atoms with E-state index in [0.717, 1.165) is 19.3 Å². The topological polar surface area (TPSA) is 66.4 Å². The molecular formula is C11H17NO3. The van der Waals surface area contributed by atoms with Gasteiger partial charge in [-0.1, -0.05) is 12.5 Å². The third-order valence-electron chi connectivity index (χ3n) is 3.05. The Bertz CT molecular complexity index is 282. The van der Waals surface area contributed by atoms with Crippen LogP contribution in [0.15, 0.2) is 12.7 Å². The highest BCUT2D eigenvalue weighted by Gasteiger charge is 2.43. The highest BCUT2D eigenvalue weighted by molar-refractivity contribution is 5.88. The molecule has 1 saturated carbocycles. The molecule has 0 aromatic carbocycles. The molecule has 1 atom stereocenters. The van der Waals surface area contributed by atoms with E-state index >= 15 is 0 Å². The SMILES string of the molecule is C=CCC1(C(=O)NC(C)C(=O)O)CCC1. The Labute approximate surface area is 89.4 Å². The number of nitrogens with one attached hydrogen (secondary N) is 1. The van der Waals surface area contributed by atoms with Crippen molar-refractivity contribution in [3.63, 3.8) is 0 Å². The van der Waals surface area contributed by atoms with E-state index in [9.17, 15) is 9.59 Å². The average Bonchev–Trinajstić information content (AvgIpc) is 2.10. The van der Waals surface area contributed by atoms with Gasteiger partial charge in [0.15, 0.2) is 0 Å².